The van der Waals surface area contributed by atoms with Crippen LogP contribution in [-0.4, -0.2) is 15.8 Å². The molecule has 2 heterocycles. The molecule has 0 N–H and O–H groups in total. The van der Waals surface area contributed by atoms with Gasteiger partial charge in [-0.3, -0.25) is 14.8 Å². The van der Waals surface area contributed by atoms with Crippen molar-refractivity contribution in [2.24, 2.45) is 0 Å². The van der Waals surface area contributed by atoms with Crippen molar-refractivity contribution in [3.05, 3.63) is 60.2 Å². The van der Waals surface area contributed by atoms with Crippen LogP contribution in [0.25, 0.3) is 0 Å². The lowest BCUT2D eigenvalue weighted by molar-refractivity contribution is 0.0978. The molecule has 0 aliphatic heterocycles. The van der Waals surface area contributed by atoms with Gasteiger partial charge in [0.1, 0.15) is 5.92 Å². The summed E-state index contributed by atoms with van der Waals surface area (Å²) < 4.78 is 0. The largest absolute Gasteiger partial charge is 0.292 e. The number of nitrogens with zero attached hydrogens (tertiary/aromatic N) is 3. The SMILES string of the molecule is N#CC(C(=O)c1ccncc1)c1cccnc1. The van der Waals surface area contributed by atoms with Crippen LogP contribution in [0.5, 0.6) is 0 Å². The summed E-state index contributed by atoms with van der Waals surface area (Å²) in [4.78, 5) is 19.9. The van der Waals surface area contributed by atoms with Crippen molar-refractivity contribution in [2.45, 2.75) is 5.92 Å². The first kappa shape index (κ1) is 11.0. The molecule has 2 aromatic heterocycles. The van der Waals surface area contributed by atoms with E-state index in [1.165, 1.54) is 18.6 Å². The van der Waals surface area contributed by atoms with Crippen LogP contribution in [0.4, 0.5) is 0 Å². The van der Waals surface area contributed by atoms with E-state index in [9.17, 15) is 4.79 Å². The first-order valence-corrected chi connectivity index (χ1v) is 5.06. The lowest BCUT2D eigenvalue weighted by atomic mass is 9.93. The molecule has 0 saturated carbocycles. The molecule has 4 heteroatoms. The van der Waals surface area contributed by atoms with Crippen molar-refractivity contribution in [3.63, 3.8) is 0 Å². The van der Waals surface area contributed by atoms with Crippen LogP contribution in [0.15, 0.2) is 49.1 Å². The molecule has 2 rings (SSSR count). The van der Waals surface area contributed by atoms with Gasteiger partial charge in [-0.05, 0) is 23.8 Å². The number of ketones is 1. The highest BCUT2D eigenvalue weighted by Crippen LogP contribution is 2.18. The Balaban J connectivity index is 2.33. The van der Waals surface area contributed by atoms with Crippen LogP contribution in [0.2, 0.25) is 0 Å². The second kappa shape index (κ2) is 4.99. The second-order valence-corrected chi connectivity index (χ2v) is 3.45. The predicted molar refractivity (Wildman–Crippen MR) is 61.2 cm³/mol. The van der Waals surface area contributed by atoms with Crippen molar-refractivity contribution in [3.8, 4) is 6.07 Å². The highest BCUT2D eigenvalue weighted by atomic mass is 16.1. The molecule has 0 aromatic carbocycles. The topological polar surface area (TPSA) is 66.6 Å². The molecule has 0 spiro atoms. The van der Waals surface area contributed by atoms with Crippen LogP contribution >= 0.6 is 0 Å². The molecular weight excluding hydrogens is 214 g/mol. The average Bonchev–Trinajstić information content (AvgIpc) is 2.42. The van der Waals surface area contributed by atoms with Crippen molar-refractivity contribution < 1.29 is 4.79 Å². The van der Waals surface area contributed by atoms with E-state index < -0.39 is 5.92 Å². The van der Waals surface area contributed by atoms with Gasteiger partial charge in [0.15, 0.2) is 5.78 Å². The number of Topliss-reactive ketones (excluding diaryl/α,β-unsaturated/α-hetero) is 1. The number of rotatable bonds is 3. The zero-order valence-corrected chi connectivity index (χ0v) is 8.95. The lowest BCUT2D eigenvalue weighted by Crippen LogP contribution is -2.11. The van der Waals surface area contributed by atoms with Gasteiger partial charge in [0.25, 0.3) is 0 Å². The van der Waals surface area contributed by atoms with E-state index in [4.69, 9.17) is 5.26 Å². The molecule has 0 fully saturated rings. The Morgan fingerprint density at radius 3 is 2.53 bits per heavy atom. The fourth-order valence-corrected chi connectivity index (χ4v) is 1.51. The van der Waals surface area contributed by atoms with Gasteiger partial charge in [0.05, 0.1) is 6.07 Å². The van der Waals surface area contributed by atoms with E-state index in [1.54, 1.807) is 30.5 Å². The van der Waals surface area contributed by atoms with E-state index in [2.05, 4.69) is 9.97 Å². The molecule has 0 bridgehead atoms. The second-order valence-electron chi connectivity index (χ2n) is 3.45. The number of carbonyl (C=O) groups is 1. The van der Waals surface area contributed by atoms with Crippen molar-refractivity contribution in [1.29, 1.82) is 5.26 Å². The molecule has 17 heavy (non-hydrogen) atoms. The molecule has 1 unspecified atom stereocenters. The van der Waals surface area contributed by atoms with E-state index >= 15 is 0 Å². The van der Waals surface area contributed by atoms with Gasteiger partial charge in [0, 0.05) is 30.4 Å². The number of carbonyl (C=O) groups excluding carboxylic acids is 1. The number of hydrogen-bond acceptors (Lipinski definition) is 4. The summed E-state index contributed by atoms with van der Waals surface area (Å²) in [5.74, 6) is -1.05. The predicted octanol–water partition coefficient (Wildman–Crippen LogP) is 1.97. The standard InChI is InChI=1S/C13H9N3O/c14-8-12(11-2-1-5-16-9-11)13(17)10-3-6-15-7-4-10/h1-7,9,12H. The Hall–Kier alpha value is -2.54. The third-order valence-electron chi connectivity index (χ3n) is 2.37. The highest BCUT2D eigenvalue weighted by Gasteiger charge is 2.21. The van der Waals surface area contributed by atoms with Gasteiger partial charge in [-0.15, -0.1) is 0 Å². The molecule has 0 amide bonds. The minimum Gasteiger partial charge on any atom is -0.292 e. The maximum atomic E-state index is 12.1. The summed E-state index contributed by atoms with van der Waals surface area (Å²) in [5, 5.41) is 9.10. The summed E-state index contributed by atoms with van der Waals surface area (Å²) in [6, 6.07) is 8.64. The summed E-state index contributed by atoms with van der Waals surface area (Å²) in [5.41, 5.74) is 1.09. The van der Waals surface area contributed by atoms with Gasteiger partial charge in [-0.25, -0.2) is 0 Å². The van der Waals surface area contributed by atoms with Gasteiger partial charge < -0.3 is 0 Å². The van der Waals surface area contributed by atoms with Crippen LogP contribution in [-0.2, 0) is 0 Å². The van der Waals surface area contributed by atoms with Crippen LogP contribution in [0, 0.1) is 11.3 Å². The molecule has 0 radical (unpaired) electrons. The summed E-state index contributed by atoms with van der Waals surface area (Å²) in [6.07, 6.45) is 6.21. The average molecular weight is 223 g/mol. The van der Waals surface area contributed by atoms with Crippen LogP contribution in [0.3, 0.4) is 0 Å². The van der Waals surface area contributed by atoms with Gasteiger partial charge >= 0.3 is 0 Å². The van der Waals surface area contributed by atoms with Crippen molar-refractivity contribution in [1.82, 2.24) is 9.97 Å². The Bertz CT molecular complexity index is 546. The molecule has 4 nitrogen and oxygen atoms in total. The smallest absolute Gasteiger partial charge is 0.184 e. The van der Waals surface area contributed by atoms with Crippen LogP contribution in [0.1, 0.15) is 21.8 Å². The molecule has 82 valence electrons. The maximum Gasteiger partial charge on any atom is 0.184 e. The summed E-state index contributed by atoms with van der Waals surface area (Å²) in [6.45, 7) is 0. The molecule has 0 saturated heterocycles. The highest BCUT2D eigenvalue weighted by molar-refractivity contribution is 6.02. The number of nitriles is 1. The fourth-order valence-electron chi connectivity index (χ4n) is 1.51. The van der Waals surface area contributed by atoms with Gasteiger partial charge in [-0.2, -0.15) is 5.26 Å². The quantitative estimate of drug-likeness (QED) is 0.746. The molecule has 0 aliphatic rings. The molecule has 1 atom stereocenters. The third-order valence-corrected chi connectivity index (χ3v) is 2.37. The van der Waals surface area contributed by atoms with E-state index in [0.717, 1.165) is 0 Å². The summed E-state index contributed by atoms with van der Waals surface area (Å²) >= 11 is 0. The molecule has 0 aliphatic carbocycles. The van der Waals surface area contributed by atoms with E-state index in [1.807, 2.05) is 6.07 Å². The Kier molecular flexibility index (Phi) is 3.22. The Morgan fingerprint density at radius 1 is 1.18 bits per heavy atom. The fraction of sp³-hybridized carbons (Fsp3) is 0.0769. The summed E-state index contributed by atoms with van der Waals surface area (Å²) in [7, 11) is 0. The minimum absolute atomic E-state index is 0.233. The zero-order valence-electron chi connectivity index (χ0n) is 8.95. The minimum atomic E-state index is -0.814. The first-order chi connectivity index (χ1) is 8.33. The monoisotopic (exact) mass is 223 g/mol. The Morgan fingerprint density at radius 2 is 1.94 bits per heavy atom. The van der Waals surface area contributed by atoms with Gasteiger partial charge in [-0.1, -0.05) is 6.07 Å². The molecule has 2 aromatic rings. The maximum absolute atomic E-state index is 12.1. The molecular formula is C13H9N3O. The van der Waals surface area contributed by atoms with Gasteiger partial charge in [0.2, 0.25) is 0 Å². The van der Waals surface area contributed by atoms with E-state index in [-0.39, 0.29) is 5.78 Å². The normalized spacial score (nSPS) is 11.5. The van der Waals surface area contributed by atoms with Crippen molar-refractivity contribution >= 4 is 5.78 Å². The van der Waals surface area contributed by atoms with E-state index in [0.29, 0.717) is 11.1 Å². The number of hydrogen-bond donors (Lipinski definition) is 0. The van der Waals surface area contributed by atoms with Crippen molar-refractivity contribution in [2.75, 3.05) is 0 Å². The lowest BCUT2D eigenvalue weighted by Gasteiger charge is -2.07. The van der Waals surface area contributed by atoms with Crippen LogP contribution < -0.4 is 0 Å². The zero-order chi connectivity index (χ0) is 12.1. The number of aromatic nitrogens is 2. The first-order valence-electron chi connectivity index (χ1n) is 5.06. The Labute approximate surface area is 98.6 Å². The third kappa shape index (κ3) is 2.34. The number of pyridine rings is 2.